The lowest BCUT2D eigenvalue weighted by Crippen LogP contribution is -2.49. The average Bonchev–Trinajstić information content (AvgIpc) is 2.66. The third-order valence-corrected chi connectivity index (χ3v) is 8.65. The molecule has 3 aliphatic rings. The largest absolute Gasteiger partial charge is 0.381 e. The molecule has 0 atom stereocenters. The van der Waals surface area contributed by atoms with Gasteiger partial charge in [-0.05, 0) is 55.4 Å². The van der Waals surface area contributed by atoms with Crippen molar-refractivity contribution in [2.24, 2.45) is 5.41 Å². The van der Waals surface area contributed by atoms with E-state index in [0.29, 0.717) is 36.5 Å². The molecule has 30 heavy (non-hydrogen) atoms. The summed E-state index contributed by atoms with van der Waals surface area (Å²) in [6.07, 6.45) is 9.99. The Morgan fingerprint density at radius 1 is 1.17 bits per heavy atom. The van der Waals surface area contributed by atoms with E-state index in [9.17, 15) is 8.42 Å². The predicted octanol–water partition coefficient (Wildman–Crippen LogP) is 3.14. The van der Waals surface area contributed by atoms with Crippen LogP contribution in [-0.4, -0.2) is 61.3 Å². The normalized spacial score (nSPS) is 30.2. The number of anilines is 1. The number of hydrogen-bond donors (Lipinski definition) is 1. The van der Waals surface area contributed by atoms with Gasteiger partial charge >= 0.3 is 0 Å². The van der Waals surface area contributed by atoms with E-state index in [2.05, 4.69) is 28.5 Å². The summed E-state index contributed by atoms with van der Waals surface area (Å²) in [5, 5.41) is 4.52. The topological polar surface area (TPSA) is 84.4 Å². The van der Waals surface area contributed by atoms with Gasteiger partial charge in [-0.15, -0.1) is 0 Å². The number of aromatic nitrogens is 2. The lowest BCUT2D eigenvalue weighted by atomic mass is 9.49. The molecule has 1 saturated heterocycles. The molecule has 0 unspecified atom stereocenters. The van der Waals surface area contributed by atoms with Crippen LogP contribution in [0.15, 0.2) is 24.4 Å². The average molecular weight is 431 g/mol. The molecule has 1 N–H and O–H groups in total. The van der Waals surface area contributed by atoms with Crippen LogP contribution in [0, 0.1) is 5.41 Å². The summed E-state index contributed by atoms with van der Waals surface area (Å²) in [6.45, 7) is 1.09. The highest BCUT2D eigenvalue weighted by Gasteiger charge is 2.53. The van der Waals surface area contributed by atoms with Crippen LogP contribution in [0.3, 0.4) is 0 Å². The van der Waals surface area contributed by atoms with E-state index in [1.54, 1.807) is 4.31 Å². The second-order valence-electron chi connectivity index (χ2n) is 9.43. The zero-order valence-corrected chi connectivity index (χ0v) is 18.5. The van der Waals surface area contributed by atoms with Crippen molar-refractivity contribution in [2.75, 3.05) is 31.8 Å². The SMILES string of the molecule is COC1CC2(C1)CC(c1cccc3cnc(NC4CCN(S(C)(=O)=O)CC4)nc13)C2. The quantitative estimate of drug-likeness (QED) is 0.785. The number of hydrogen-bond acceptors (Lipinski definition) is 6. The first kappa shape index (κ1) is 20.2. The van der Waals surface area contributed by atoms with Gasteiger partial charge in [0.15, 0.2) is 0 Å². The molecule has 8 heteroatoms. The van der Waals surface area contributed by atoms with Gasteiger partial charge in [-0.25, -0.2) is 22.7 Å². The van der Waals surface area contributed by atoms with Gasteiger partial charge < -0.3 is 10.1 Å². The van der Waals surface area contributed by atoms with E-state index in [-0.39, 0.29) is 6.04 Å². The van der Waals surface area contributed by atoms with Gasteiger partial charge in [0, 0.05) is 37.8 Å². The fourth-order valence-corrected chi connectivity index (χ4v) is 6.48. The Hall–Kier alpha value is -1.77. The first-order chi connectivity index (χ1) is 14.4. The Morgan fingerprint density at radius 2 is 1.90 bits per heavy atom. The van der Waals surface area contributed by atoms with Crippen molar-refractivity contribution < 1.29 is 13.2 Å². The van der Waals surface area contributed by atoms with Gasteiger partial charge in [0.05, 0.1) is 17.9 Å². The van der Waals surface area contributed by atoms with Gasteiger partial charge in [0.25, 0.3) is 0 Å². The van der Waals surface area contributed by atoms with Gasteiger partial charge in [-0.2, -0.15) is 0 Å². The first-order valence-corrected chi connectivity index (χ1v) is 12.7. The Balaban J connectivity index is 1.28. The monoisotopic (exact) mass is 430 g/mol. The fourth-order valence-electron chi connectivity index (χ4n) is 5.60. The number of sulfonamides is 1. The summed E-state index contributed by atoms with van der Waals surface area (Å²) in [4.78, 5) is 9.40. The van der Waals surface area contributed by atoms with E-state index < -0.39 is 10.0 Å². The minimum absolute atomic E-state index is 0.195. The van der Waals surface area contributed by atoms with Crippen LogP contribution in [0.5, 0.6) is 0 Å². The molecular weight excluding hydrogens is 400 g/mol. The van der Waals surface area contributed by atoms with Crippen LogP contribution >= 0.6 is 0 Å². The minimum Gasteiger partial charge on any atom is -0.381 e. The maximum atomic E-state index is 11.7. The molecule has 0 radical (unpaired) electrons. The van der Waals surface area contributed by atoms with Crippen molar-refractivity contribution in [3.8, 4) is 0 Å². The van der Waals surface area contributed by atoms with Gasteiger partial charge in [-0.1, -0.05) is 18.2 Å². The summed E-state index contributed by atoms with van der Waals surface area (Å²) in [7, 11) is -1.29. The van der Waals surface area contributed by atoms with Crippen LogP contribution in [-0.2, 0) is 14.8 Å². The zero-order chi connectivity index (χ0) is 20.9. The molecule has 5 rings (SSSR count). The van der Waals surface area contributed by atoms with E-state index in [0.717, 1.165) is 23.7 Å². The second-order valence-corrected chi connectivity index (χ2v) is 11.4. The number of nitrogens with one attached hydrogen (secondary N) is 1. The van der Waals surface area contributed by atoms with Gasteiger partial charge in [0.2, 0.25) is 16.0 Å². The number of piperidine rings is 1. The van der Waals surface area contributed by atoms with Gasteiger partial charge in [-0.3, -0.25) is 0 Å². The third kappa shape index (κ3) is 3.69. The highest BCUT2D eigenvalue weighted by Crippen LogP contribution is 2.62. The maximum Gasteiger partial charge on any atom is 0.223 e. The van der Waals surface area contributed by atoms with E-state index in [1.165, 1.54) is 37.5 Å². The molecule has 0 bridgehead atoms. The summed E-state index contributed by atoms with van der Waals surface area (Å²) < 4.78 is 30.5. The molecule has 2 heterocycles. The summed E-state index contributed by atoms with van der Waals surface area (Å²) in [6, 6.07) is 6.60. The summed E-state index contributed by atoms with van der Waals surface area (Å²) in [5.41, 5.74) is 2.87. The first-order valence-electron chi connectivity index (χ1n) is 10.9. The van der Waals surface area contributed by atoms with Gasteiger partial charge in [0.1, 0.15) is 0 Å². The molecular formula is C22H30N4O3S. The number of benzene rings is 1. The van der Waals surface area contributed by atoms with Crippen molar-refractivity contribution in [1.82, 2.24) is 14.3 Å². The Morgan fingerprint density at radius 3 is 2.57 bits per heavy atom. The number of fused-ring (bicyclic) bond motifs is 1. The van der Waals surface area contributed by atoms with Crippen molar-refractivity contribution >= 4 is 26.9 Å². The van der Waals surface area contributed by atoms with E-state index in [4.69, 9.17) is 9.72 Å². The van der Waals surface area contributed by atoms with Crippen molar-refractivity contribution in [3.63, 3.8) is 0 Å². The number of nitrogens with zero attached hydrogens (tertiary/aromatic N) is 3. The Kier molecular flexibility index (Phi) is 4.99. The van der Waals surface area contributed by atoms with Crippen molar-refractivity contribution in [3.05, 3.63) is 30.0 Å². The molecule has 3 fully saturated rings. The highest BCUT2D eigenvalue weighted by atomic mass is 32.2. The number of rotatable bonds is 5. The van der Waals surface area contributed by atoms with Crippen molar-refractivity contribution in [1.29, 1.82) is 0 Å². The van der Waals surface area contributed by atoms with Crippen LogP contribution in [0.1, 0.15) is 50.0 Å². The highest BCUT2D eigenvalue weighted by molar-refractivity contribution is 7.88. The predicted molar refractivity (Wildman–Crippen MR) is 117 cm³/mol. The maximum absolute atomic E-state index is 11.7. The van der Waals surface area contributed by atoms with E-state index >= 15 is 0 Å². The lowest BCUT2D eigenvalue weighted by Gasteiger charge is -2.57. The molecule has 0 amide bonds. The van der Waals surface area contributed by atoms with Crippen LogP contribution < -0.4 is 5.32 Å². The van der Waals surface area contributed by atoms with Crippen LogP contribution in [0.2, 0.25) is 0 Å². The molecule has 1 aromatic carbocycles. The molecule has 2 aliphatic carbocycles. The third-order valence-electron chi connectivity index (χ3n) is 7.35. The minimum atomic E-state index is -3.11. The van der Waals surface area contributed by atoms with Crippen LogP contribution in [0.25, 0.3) is 10.9 Å². The second kappa shape index (κ2) is 7.43. The molecule has 1 aromatic heterocycles. The van der Waals surface area contributed by atoms with Crippen molar-refractivity contribution in [2.45, 2.75) is 56.6 Å². The number of methoxy groups -OCH3 is 1. The molecule has 2 aromatic rings. The standard InChI is InChI=1S/C22H30N4O3S/c1-29-18-12-22(13-18)10-16(11-22)19-5-3-4-15-14-23-21(25-20(15)19)24-17-6-8-26(9-7-17)30(2,27)28/h3-5,14,16-18H,6-13H2,1-2H3,(H,23,24,25). The summed E-state index contributed by atoms with van der Waals surface area (Å²) >= 11 is 0. The molecule has 7 nitrogen and oxygen atoms in total. The molecule has 1 spiro atoms. The summed E-state index contributed by atoms with van der Waals surface area (Å²) in [5.74, 6) is 1.21. The smallest absolute Gasteiger partial charge is 0.223 e. The Labute approximate surface area is 178 Å². The molecule has 1 aliphatic heterocycles. The Bertz CT molecular complexity index is 1040. The number of ether oxygens (including phenoxy) is 1. The van der Waals surface area contributed by atoms with E-state index in [1.807, 2.05) is 13.3 Å². The number of para-hydroxylation sites is 1. The molecule has 162 valence electrons. The zero-order valence-electron chi connectivity index (χ0n) is 17.7. The fraction of sp³-hybridized carbons (Fsp3) is 0.636. The molecule has 2 saturated carbocycles. The lowest BCUT2D eigenvalue weighted by molar-refractivity contribution is -0.110. The van der Waals surface area contributed by atoms with Crippen LogP contribution in [0.4, 0.5) is 5.95 Å².